The van der Waals surface area contributed by atoms with Gasteiger partial charge in [-0.25, -0.2) is 0 Å². The van der Waals surface area contributed by atoms with E-state index in [9.17, 15) is 4.79 Å². The van der Waals surface area contributed by atoms with E-state index >= 15 is 0 Å². The van der Waals surface area contributed by atoms with Crippen molar-refractivity contribution >= 4 is 18.9 Å². The lowest BCUT2D eigenvalue weighted by Gasteiger charge is -2.22. The highest BCUT2D eigenvalue weighted by atomic mass is 16.5. The van der Waals surface area contributed by atoms with Gasteiger partial charge in [-0.2, -0.15) is 0 Å². The summed E-state index contributed by atoms with van der Waals surface area (Å²) in [6.07, 6.45) is 45.6. The smallest absolute Gasteiger partial charge is 0.290 e. The van der Waals surface area contributed by atoms with E-state index in [1.54, 1.807) is 7.11 Å². The lowest BCUT2D eigenvalue weighted by atomic mass is 9.89. The predicted molar refractivity (Wildman–Crippen MR) is 232 cm³/mol. The number of hydrogen-bond acceptors (Lipinski definition) is 5. The highest BCUT2D eigenvalue weighted by Crippen LogP contribution is 2.24. The Kier molecular flexibility index (Phi) is 56.1. The van der Waals surface area contributed by atoms with Crippen molar-refractivity contribution in [1.29, 1.82) is 0 Å². The van der Waals surface area contributed by atoms with E-state index < -0.39 is 0 Å². The fourth-order valence-corrected chi connectivity index (χ4v) is 7.31. The fourth-order valence-electron chi connectivity index (χ4n) is 7.31. The summed E-state index contributed by atoms with van der Waals surface area (Å²) in [7, 11) is 1.66. The van der Waals surface area contributed by atoms with E-state index in [0.717, 1.165) is 25.4 Å². The molecule has 1 atom stereocenters. The number of carbonyl (C=O) groups is 3. The summed E-state index contributed by atoms with van der Waals surface area (Å²) in [5.41, 5.74) is 0. The molecule has 3 N–H and O–H groups in total. The highest BCUT2D eigenvalue weighted by Gasteiger charge is 2.10. The third-order valence-electron chi connectivity index (χ3n) is 10.6. The second kappa shape index (κ2) is 53.4. The van der Waals surface area contributed by atoms with E-state index in [0.29, 0.717) is 13.0 Å². The van der Waals surface area contributed by atoms with Crippen LogP contribution >= 0.6 is 0 Å². The van der Waals surface area contributed by atoms with Gasteiger partial charge < -0.3 is 25.2 Å². The van der Waals surface area contributed by atoms with Gasteiger partial charge in [0.2, 0.25) is 5.91 Å². The van der Waals surface area contributed by atoms with Gasteiger partial charge in [0.1, 0.15) is 0 Å². The summed E-state index contributed by atoms with van der Waals surface area (Å²) in [4.78, 5) is 31.4. The third-order valence-corrected chi connectivity index (χ3v) is 10.6. The molecule has 54 heavy (non-hydrogen) atoms. The van der Waals surface area contributed by atoms with Crippen LogP contribution in [0.3, 0.4) is 0 Å². The van der Waals surface area contributed by atoms with E-state index in [4.69, 9.17) is 24.5 Å². The van der Waals surface area contributed by atoms with Crippen LogP contribution in [0.15, 0.2) is 0 Å². The van der Waals surface area contributed by atoms with Crippen LogP contribution in [-0.4, -0.2) is 73.9 Å². The van der Waals surface area contributed by atoms with Gasteiger partial charge >= 0.3 is 0 Å². The van der Waals surface area contributed by atoms with Crippen LogP contribution in [0, 0.1) is 5.92 Å². The molecule has 0 saturated carbocycles. The summed E-state index contributed by atoms with van der Waals surface area (Å²) in [6.45, 7) is 11.3. The van der Waals surface area contributed by atoms with Crippen molar-refractivity contribution in [2.24, 2.45) is 5.92 Å². The fraction of sp³-hybridized carbons (Fsp3) is 0.935. The van der Waals surface area contributed by atoms with Gasteiger partial charge in [0, 0.05) is 20.1 Å². The summed E-state index contributed by atoms with van der Waals surface area (Å²) < 4.78 is 5.05. The number of carbonyl (C=O) groups excluding carboxylic acids is 1. The van der Waals surface area contributed by atoms with Crippen molar-refractivity contribution in [2.75, 3.05) is 39.9 Å². The number of nitrogens with zero attached hydrogens (tertiary/aromatic N) is 1. The van der Waals surface area contributed by atoms with Crippen LogP contribution in [0.4, 0.5) is 0 Å². The molecule has 0 fully saturated rings. The monoisotopic (exact) mass is 771 g/mol. The molecule has 1 amide bonds. The zero-order valence-electron chi connectivity index (χ0n) is 36.6. The molecule has 0 heterocycles. The van der Waals surface area contributed by atoms with E-state index in [2.05, 4.69) is 31.0 Å². The topological polar surface area (TPSA) is 116 Å². The minimum absolute atomic E-state index is 0.120. The lowest BCUT2D eigenvalue weighted by Crippen LogP contribution is -2.31. The number of carboxylic acid groups (broad SMARTS) is 2. The summed E-state index contributed by atoms with van der Waals surface area (Å²) in [5, 5.41) is 16.9. The largest absolute Gasteiger partial charge is 0.483 e. The van der Waals surface area contributed by atoms with Crippen LogP contribution in [0.5, 0.6) is 0 Å². The van der Waals surface area contributed by atoms with Gasteiger partial charge in [0.15, 0.2) is 0 Å². The number of ether oxygens (including phenoxy) is 1. The molecule has 0 radical (unpaired) electrons. The second-order valence-corrected chi connectivity index (χ2v) is 15.6. The Morgan fingerprint density at radius 2 is 0.815 bits per heavy atom. The molecular formula is C46H94N2O6. The molecule has 0 bridgehead atoms. The van der Waals surface area contributed by atoms with Crippen LogP contribution in [0.1, 0.15) is 233 Å². The Labute approximate surface area is 336 Å². The summed E-state index contributed by atoms with van der Waals surface area (Å²) >= 11 is 0. The SMILES string of the molecule is CCCCCCCCCCCCCCCCN(CCCCCCCC(CCCCCC)CCCCCCC)CCCNC(=O)CCOC.O=CO.O=CO. The Morgan fingerprint density at radius 3 is 1.17 bits per heavy atom. The van der Waals surface area contributed by atoms with Gasteiger partial charge in [-0.3, -0.25) is 14.4 Å². The van der Waals surface area contributed by atoms with Crippen molar-refractivity contribution in [3.8, 4) is 0 Å². The van der Waals surface area contributed by atoms with Crippen LogP contribution in [0.25, 0.3) is 0 Å². The maximum atomic E-state index is 12.0. The molecule has 0 spiro atoms. The Hall–Kier alpha value is -1.67. The van der Waals surface area contributed by atoms with Crippen LogP contribution in [0.2, 0.25) is 0 Å². The quantitative estimate of drug-likeness (QED) is 0.0419. The number of unbranched alkanes of at least 4 members (excludes halogenated alkanes) is 24. The van der Waals surface area contributed by atoms with Crippen LogP contribution < -0.4 is 5.32 Å². The number of amides is 1. The molecule has 0 rings (SSSR count). The first-order valence-electron chi connectivity index (χ1n) is 23.1. The zero-order chi connectivity index (χ0) is 40.4. The maximum Gasteiger partial charge on any atom is 0.290 e. The standard InChI is InChI=1S/C44H90N2O2.2CH2O2/c1-5-8-11-14-15-16-17-18-19-20-21-22-26-31-39-46(41-33-38-45-44(47)37-42-48-4)40-32-27-23-25-30-36-43(34-28-13-10-7-3)35-29-24-12-9-6-2;2*2-1-3/h43H,5-42H2,1-4H3,(H,45,47);2*1H,(H,2,3). The van der Waals surface area contributed by atoms with Gasteiger partial charge in [-0.05, 0) is 44.8 Å². The first-order chi connectivity index (χ1) is 26.5. The third kappa shape index (κ3) is 52.4. The number of hydrogen-bond donors (Lipinski definition) is 3. The normalized spacial score (nSPS) is 11.4. The minimum atomic E-state index is -0.250. The first-order valence-corrected chi connectivity index (χ1v) is 23.1. The molecule has 0 aromatic carbocycles. The molecule has 0 aliphatic heterocycles. The van der Waals surface area contributed by atoms with Crippen molar-refractivity contribution < 1.29 is 29.3 Å². The minimum Gasteiger partial charge on any atom is -0.483 e. The molecule has 0 aliphatic rings. The van der Waals surface area contributed by atoms with E-state index in [1.165, 1.54) is 212 Å². The van der Waals surface area contributed by atoms with Gasteiger partial charge in [0.05, 0.1) is 6.61 Å². The molecule has 0 saturated heterocycles. The first kappa shape index (κ1) is 56.7. The zero-order valence-corrected chi connectivity index (χ0v) is 36.6. The number of rotatable bonds is 41. The average Bonchev–Trinajstić information content (AvgIpc) is 3.16. The Balaban J connectivity index is -0.00000403. The van der Waals surface area contributed by atoms with Crippen LogP contribution in [-0.2, 0) is 19.1 Å². The molecule has 0 aromatic heterocycles. The van der Waals surface area contributed by atoms with Crippen molar-refractivity contribution in [1.82, 2.24) is 10.2 Å². The van der Waals surface area contributed by atoms with Crippen molar-refractivity contribution in [3.05, 3.63) is 0 Å². The number of methoxy groups -OCH3 is 1. The molecule has 0 aromatic rings. The van der Waals surface area contributed by atoms with Gasteiger partial charge in [-0.15, -0.1) is 0 Å². The highest BCUT2D eigenvalue weighted by molar-refractivity contribution is 5.75. The average molecular weight is 771 g/mol. The van der Waals surface area contributed by atoms with Gasteiger partial charge in [-0.1, -0.05) is 207 Å². The van der Waals surface area contributed by atoms with E-state index in [-0.39, 0.29) is 18.9 Å². The summed E-state index contributed by atoms with van der Waals surface area (Å²) in [6, 6.07) is 0. The Bertz CT molecular complexity index is 705. The van der Waals surface area contributed by atoms with Crippen molar-refractivity contribution in [3.63, 3.8) is 0 Å². The van der Waals surface area contributed by atoms with Gasteiger partial charge in [0.25, 0.3) is 12.9 Å². The van der Waals surface area contributed by atoms with E-state index in [1.807, 2.05) is 0 Å². The molecule has 8 heteroatoms. The molecule has 1 unspecified atom stereocenters. The molecular weight excluding hydrogens is 677 g/mol. The Morgan fingerprint density at radius 1 is 0.519 bits per heavy atom. The predicted octanol–water partition coefficient (Wildman–Crippen LogP) is 13.0. The molecule has 324 valence electrons. The van der Waals surface area contributed by atoms with Crippen molar-refractivity contribution in [2.45, 2.75) is 233 Å². The summed E-state index contributed by atoms with van der Waals surface area (Å²) in [5.74, 6) is 1.11. The molecule has 0 aliphatic carbocycles. The maximum absolute atomic E-state index is 12.0. The number of nitrogens with one attached hydrogen (secondary N) is 1. The second-order valence-electron chi connectivity index (χ2n) is 15.6. The molecule has 8 nitrogen and oxygen atoms in total. The lowest BCUT2D eigenvalue weighted by molar-refractivity contribution is -0.123.